The summed E-state index contributed by atoms with van der Waals surface area (Å²) in [4.78, 5) is 0. The molecule has 1 rings (SSSR count). The first kappa shape index (κ1) is 10.7. The highest BCUT2D eigenvalue weighted by Gasteiger charge is 2.09. The lowest BCUT2D eigenvalue weighted by Gasteiger charge is -2.18. The normalized spacial score (nSPS) is 24.6. The lowest BCUT2D eigenvalue weighted by atomic mass is 9.94. The van der Waals surface area contributed by atoms with Crippen molar-refractivity contribution in [2.75, 3.05) is 19.7 Å². The number of allylic oxidation sites excluding steroid dienone is 2. The Morgan fingerprint density at radius 2 is 2.31 bits per heavy atom. The summed E-state index contributed by atoms with van der Waals surface area (Å²) in [5.74, 6) is 0.705. The van der Waals surface area contributed by atoms with Crippen molar-refractivity contribution in [2.45, 2.75) is 25.4 Å². The molecule has 3 N–H and O–H groups in total. The number of aliphatic hydroxyl groups excluding tert-OH is 2. The number of aliphatic hydroxyl groups is 2. The van der Waals surface area contributed by atoms with Crippen LogP contribution >= 0.6 is 0 Å². The molecule has 0 aromatic rings. The predicted octanol–water partition coefficient (Wildman–Crippen LogP) is 0.285. The highest BCUT2D eigenvalue weighted by atomic mass is 16.3. The third kappa shape index (κ3) is 4.41. The lowest BCUT2D eigenvalue weighted by molar-refractivity contribution is 0.0935. The van der Waals surface area contributed by atoms with Crippen LogP contribution in [-0.4, -0.2) is 36.0 Å². The van der Waals surface area contributed by atoms with Crippen LogP contribution in [0.25, 0.3) is 0 Å². The van der Waals surface area contributed by atoms with E-state index in [4.69, 9.17) is 10.2 Å². The molecule has 3 nitrogen and oxygen atoms in total. The molecule has 0 fully saturated rings. The average Bonchev–Trinajstić information content (AvgIpc) is 2.19. The Morgan fingerprint density at radius 3 is 2.92 bits per heavy atom. The summed E-state index contributed by atoms with van der Waals surface area (Å²) in [6, 6.07) is 0. The van der Waals surface area contributed by atoms with Crippen molar-refractivity contribution in [3.8, 4) is 0 Å². The van der Waals surface area contributed by atoms with Gasteiger partial charge in [0.25, 0.3) is 0 Å². The van der Waals surface area contributed by atoms with Crippen LogP contribution in [0.4, 0.5) is 0 Å². The average molecular weight is 185 g/mol. The van der Waals surface area contributed by atoms with Gasteiger partial charge in [0, 0.05) is 6.54 Å². The van der Waals surface area contributed by atoms with Gasteiger partial charge in [-0.3, -0.25) is 0 Å². The molecule has 0 amide bonds. The first-order valence-electron chi connectivity index (χ1n) is 4.97. The van der Waals surface area contributed by atoms with E-state index in [1.165, 1.54) is 12.8 Å². The molecule has 0 aromatic heterocycles. The third-order valence-electron chi connectivity index (χ3n) is 2.40. The SMILES string of the molecule is OC[C@@H](O)CNCC1CC=CCC1. The Labute approximate surface area is 79.5 Å². The fourth-order valence-corrected chi connectivity index (χ4v) is 1.56. The zero-order valence-corrected chi connectivity index (χ0v) is 7.95. The number of hydrogen-bond donors (Lipinski definition) is 3. The van der Waals surface area contributed by atoms with E-state index in [2.05, 4.69) is 17.5 Å². The fraction of sp³-hybridized carbons (Fsp3) is 0.800. The summed E-state index contributed by atoms with van der Waals surface area (Å²) in [5, 5.41) is 20.8. The Bertz CT molecular complexity index is 159. The maximum absolute atomic E-state index is 9.06. The van der Waals surface area contributed by atoms with Crippen LogP contribution in [0, 0.1) is 5.92 Å². The zero-order valence-electron chi connectivity index (χ0n) is 7.95. The Hall–Kier alpha value is -0.380. The lowest BCUT2D eigenvalue weighted by Crippen LogP contribution is -2.33. The summed E-state index contributed by atoms with van der Waals surface area (Å²) >= 11 is 0. The van der Waals surface area contributed by atoms with Crippen molar-refractivity contribution in [3.05, 3.63) is 12.2 Å². The minimum absolute atomic E-state index is 0.155. The Kier molecular flexibility index (Phi) is 5.05. The van der Waals surface area contributed by atoms with Gasteiger partial charge in [-0.2, -0.15) is 0 Å². The molecule has 1 unspecified atom stereocenters. The second-order valence-electron chi connectivity index (χ2n) is 3.65. The molecular weight excluding hydrogens is 166 g/mol. The molecule has 13 heavy (non-hydrogen) atoms. The van der Waals surface area contributed by atoms with E-state index in [0.717, 1.165) is 13.0 Å². The molecule has 0 saturated carbocycles. The topological polar surface area (TPSA) is 52.5 Å². The molecule has 1 aliphatic rings. The van der Waals surface area contributed by atoms with Crippen LogP contribution in [0.2, 0.25) is 0 Å². The third-order valence-corrected chi connectivity index (χ3v) is 2.40. The van der Waals surface area contributed by atoms with E-state index in [9.17, 15) is 0 Å². The summed E-state index contributed by atoms with van der Waals surface area (Å²) in [7, 11) is 0. The van der Waals surface area contributed by atoms with E-state index in [-0.39, 0.29) is 6.61 Å². The fourth-order valence-electron chi connectivity index (χ4n) is 1.56. The van der Waals surface area contributed by atoms with Crippen molar-refractivity contribution >= 4 is 0 Å². The molecule has 0 spiro atoms. The summed E-state index contributed by atoms with van der Waals surface area (Å²) in [6.45, 7) is 1.29. The van der Waals surface area contributed by atoms with Crippen LogP contribution in [-0.2, 0) is 0 Å². The van der Waals surface area contributed by atoms with Crippen molar-refractivity contribution in [3.63, 3.8) is 0 Å². The van der Waals surface area contributed by atoms with Gasteiger partial charge in [-0.25, -0.2) is 0 Å². The summed E-state index contributed by atoms with van der Waals surface area (Å²) in [6.07, 6.45) is 7.38. The highest BCUT2D eigenvalue weighted by molar-refractivity contribution is 4.90. The molecule has 3 heteroatoms. The van der Waals surface area contributed by atoms with Gasteiger partial charge in [0.2, 0.25) is 0 Å². The van der Waals surface area contributed by atoms with Gasteiger partial charge in [-0.05, 0) is 31.7 Å². The molecule has 2 atom stereocenters. The second-order valence-corrected chi connectivity index (χ2v) is 3.65. The van der Waals surface area contributed by atoms with Gasteiger partial charge in [-0.1, -0.05) is 12.2 Å². The molecule has 76 valence electrons. The molecule has 0 aliphatic heterocycles. The highest BCUT2D eigenvalue weighted by Crippen LogP contribution is 2.16. The van der Waals surface area contributed by atoms with E-state index >= 15 is 0 Å². The molecule has 0 bridgehead atoms. The van der Waals surface area contributed by atoms with E-state index in [1.54, 1.807) is 0 Å². The molecular formula is C10H19NO2. The smallest absolute Gasteiger partial charge is 0.0894 e. The van der Waals surface area contributed by atoms with Crippen LogP contribution in [0.15, 0.2) is 12.2 Å². The van der Waals surface area contributed by atoms with Crippen LogP contribution in [0.5, 0.6) is 0 Å². The quantitative estimate of drug-likeness (QED) is 0.539. The summed E-state index contributed by atoms with van der Waals surface area (Å²) in [5.41, 5.74) is 0. The van der Waals surface area contributed by atoms with Crippen molar-refractivity contribution < 1.29 is 10.2 Å². The first-order valence-corrected chi connectivity index (χ1v) is 4.97. The van der Waals surface area contributed by atoms with Crippen molar-refractivity contribution in [1.82, 2.24) is 5.32 Å². The number of rotatable bonds is 5. The standard InChI is InChI=1S/C10H19NO2/c12-8-10(13)7-11-6-9-4-2-1-3-5-9/h1-2,9-13H,3-8H2/t9?,10-/m0/s1. The van der Waals surface area contributed by atoms with Gasteiger partial charge >= 0.3 is 0 Å². The summed E-state index contributed by atoms with van der Waals surface area (Å²) < 4.78 is 0. The van der Waals surface area contributed by atoms with E-state index < -0.39 is 6.10 Å². The van der Waals surface area contributed by atoms with Gasteiger partial charge in [0.05, 0.1) is 12.7 Å². The minimum Gasteiger partial charge on any atom is -0.394 e. The van der Waals surface area contributed by atoms with Gasteiger partial charge < -0.3 is 15.5 Å². The largest absolute Gasteiger partial charge is 0.394 e. The van der Waals surface area contributed by atoms with Crippen LogP contribution in [0.3, 0.4) is 0 Å². The van der Waals surface area contributed by atoms with E-state index in [0.29, 0.717) is 12.5 Å². The molecule has 0 saturated heterocycles. The monoisotopic (exact) mass is 185 g/mol. The maximum Gasteiger partial charge on any atom is 0.0894 e. The molecule has 0 aromatic carbocycles. The number of hydrogen-bond acceptors (Lipinski definition) is 3. The van der Waals surface area contributed by atoms with Gasteiger partial charge in [0.1, 0.15) is 0 Å². The van der Waals surface area contributed by atoms with Gasteiger partial charge in [0.15, 0.2) is 0 Å². The minimum atomic E-state index is -0.612. The Balaban J connectivity index is 2.02. The van der Waals surface area contributed by atoms with Crippen LogP contribution in [0.1, 0.15) is 19.3 Å². The molecule has 0 heterocycles. The predicted molar refractivity (Wildman–Crippen MR) is 52.4 cm³/mol. The Morgan fingerprint density at radius 1 is 1.46 bits per heavy atom. The maximum atomic E-state index is 9.06. The van der Waals surface area contributed by atoms with Crippen molar-refractivity contribution in [2.24, 2.45) is 5.92 Å². The molecule has 0 radical (unpaired) electrons. The van der Waals surface area contributed by atoms with E-state index in [1.807, 2.05) is 0 Å². The first-order chi connectivity index (χ1) is 6.33. The zero-order chi connectivity index (χ0) is 9.52. The van der Waals surface area contributed by atoms with Crippen molar-refractivity contribution in [1.29, 1.82) is 0 Å². The van der Waals surface area contributed by atoms with Gasteiger partial charge in [-0.15, -0.1) is 0 Å². The molecule has 1 aliphatic carbocycles. The van der Waals surface area contributed by atoms with Crippen LogP contribution < -0.4 is 5.32 Å². The second kappa shape index (κ2) is 6.13. The number of nitrogens with one attached hydrogen (secondary N) is 1.